The first-order valence-corrected chi connectivity index (χ1v) is 6.24. The maximum absolute atomic E-state index is 2.53. The lowest BCUT2D eigenvalue weighted by molar-refractivity contribution is -0.196. The van der Waals surface area contributed by atoms with Gasteiger partial charge >= 0.3 is 0 Å². The quantitative estimate of drug-likeness (QED) is 0.503. The fraction of sp³-hybridized carbons (Fsp3) is 0.857. The lowest BCUT2D eigenvalue weighted by Gasteiger charge is -2.70. The molecular formula is C14H22. The molecular weight excluding hydrogens is 168 g/mol. The Morgan fingerprint density at radius 2 is 2.07 bits per heavy atom. The van der Waals surface area contributed by atoms with Crippen molar-refractivity contribution in [3.05, 3.63) is 11.6 Å². The molecule has 1 spiro atoms. The van der Waals surface area contributed by atoms with E-state index in [1.807, 2.05) is 0 Å². The summed E-state index contributed by atoms with van der Waals surface area (Å²) < 4.78 is 0. The Balaban J connectivity index is 2.03. The van der Waals surface area contributed by atoms with Crippen LogP contribution < -0.4 is 0 Å². The summed E-state index contributed by atoms with van der Waals surface area (Å²) >= 11 is 0. The number of hydrogen-bond donors (Lipinski definition) is 0. The van der Waals surface area contributed by atoms with Gasteiger partial charge in [-0.3, -0.25) is 0 Å². The molecule has 0 saturated heterocycles. The fourth-order valence-corrected chi connectivity index (χ4v) is 4.89. The van der Waals surface area contributed by atoms with Gasteiger partial charge in [0.2, 0.25) is 0 Å². The normalized spacial score (nSPS) is 48.9. The van der Waals surface area contributed by atoms with Crippen molar-refractivity contribution in [2.45, 2.75) is 52.9 Å². The van der Waals surface area contributed by atoms with Crippen LogP contribution in [0.2, 0.25) is 0 Å². The zero-order chi connectivity index (χ0) is 9.97. The minimum atomic E-state index is 0.644. The van der Waals surface area contributed by atoms with Crippen LogP contribution in [0.3, 0.4) is 0 Å². The second kappa shape index (κ2) is 2.46. The summed E-state index contributed by atoms with van der Waals surface area (Å²) in [5.41, 5.74) is 3.07. The molecule has 3 atom stereocenters. The van der Waals surface area contributed by atoms with Gasteiger partial charge in [-0.05, 0) is 61.7 Å². The van der Waals surface area contributed by atoms with E-state index in [4.69, 9.17) is 0 Å². The molecule has 0 heterocycles. The first-order chi connectivity index (χ1) is 6.58. The summed E-state index contributed by atoms with van der Waals surface area (Å²) in [6, 6.07) is 0. The summed E-state index contributed by atoms with van der Waals surface area (Å²) in [6.45, 7) is 7.44. The second-order valence-corrected chi connectivity index (χ2v) is 6.40. The molecule has 0 heteroatoms. The predicted octanol–water partition coefficient (Wildman–Crippen LogP) is 4.17. The molecule has 4 rings (SSSR count). The molecule has 14 heavy (non-hydrogen) atoms. The van der Waals surface area contributed by atoms with Crippen LogP contribution >= 0.6 is 0 Å². The van der Waals surface area contributed by atoms with E-state index in [0.717, 1.165) is 17.3 Å². The third kappa shape index (κ3) is 0.777. The third-order valence-electron chi connectivity index (χ3n) is 5.99. The van der Waals surface area contributed by atoms with Gasteiger partial charge in [0.1, 0.15) is 0 Å². The zero-order valence-electron chi connectivity index (χ0n) is 9.77. The van der Waals surface area contributed by atoms with Crippen LogP contribution in [0.1, 0.15) is 52.9 Å². The Bertz CT molecular complexity index is 297. The summed E-state index contributed by atoms with van der Waals surface area (Å²) in [5, 5.41) is 0. The van der Waals surface area contributed by atoms with E-state index in [2.05, 4.69) is 26.8 Å². The number of rotatable bonds is 0. The lowest BCUT2D eigenvalue weighted by Crippen LogP contribution is -2.62. The van der Waals surface area contributed by atoms with Gasteiger partial charge in [0.15, 0.2) is 0 Å². The summed E-state index contributed by atoms with van der Waals surface area (Å²) in [5.74, 6) is 1.99. The van der Waals surface area contributed by atoms with Crippen LogP contribution in [-0.4, -0.2) is 0 Å². The first-order valence-electron chi connectivity index (χ1n) is 6.24. The minimum Gasteiger partial charge on any atom is -0.0853 e. The standard InChI is InChI=1S/C14H22/c1-10-5-4-8-14-9-11(13(14,2)3)6-7-12(10)14/h5,11-12H,4,6-9H2,1-3H3. The molecule has 0 aromatic rings. The topological polar surface area (TPSA) is 0 Å². The highest BCUT2D eigenvalue weighted by Crippen LogP contribution is 2.73. The van der Waals surface area contributed by atoms with Crippen molar-refractivity contribution >= 4 is 0 Å². The Morgan fingerprint density at radius 1 is 1.29 bits per heavy atom. The third-order valence-corrected chi connectivity index (χ3v) is 5.99. The highest BCUT2D eigenvalue weighted by Gasteiger charge is 2.65. The second-order valence-electron chi connectivity index (χ2n) is 6.40. The van der Waals surface area contributed by atoms with Crippen LogP contribution in [0.25, 0.3) is 0 Å². The molecule has 0 nitrogen and oxygen atoms in total. The number of fused-ring (bicyclic) bond motifs is 1. The van der Waals surface area contributed by atoms with E-state index in [1.165, 1.54) is 32.1 Å². The number of hydrogen-bond acceptors (Lipinski definition) is 0. The smallest absolute Gasteiger partial charge is 0.0144 e. The zero-order valence-corrected chi connectivity index (χ0v) is 9.77. The van der Waals surface area contributed by atoms with Crippen molar-refractivity contribution in [2.24, 2.45) is 22.7 Å². The summed E-state index contributed by atoms with van der Waals surface area (Å²) in [7, 11) is 0. The van der Waals surface area contributed by atoms with Crippen LogP contribution in [0.5, 0.6) is 0 Å². The molecule has 4 aliphatic carbocycles. The molecule has 0 N–H and O–H groups in total. The molecule has 0 amide bonds. The van der Waals surface area contributed by atoms with E-state index in [0.29, 0.717) is 5.41 Å². The maximum Gasteiger partial charge on any atom is -0.0144 e. The summed E-state index contributed by atoms with van der Waals surface area (Å²) in [4.78, 5) is 0. The Hall–Kier alpha value is -0.260. The van der Waals surface area contributed by atoms with E-state index in [1.54, 1.807) is 5.57 Å². The molecule has 3 fully saturated rings. The molecule has 3 saturated carbocycles. The van der Waals surface area contributed by atoms with Gasteiger partial charge in [0.05, 0.1) is 0 Å². The molecule has 0 aromatic heterocycles. The van der Waals surface area contributed by atoms with Crippen LogP contribution in [-0.2, 0) is 0 Å². The Morgan fingerprint density at radius 3 is 2.71 bits per heavy atom. The maximum atomic E-state index is 2.53. The molecule has 0 aliphatic heterocycles. The van der Waals surface area contributed by atoms with E-state index < -0.39 is 0 Å². The van der Waals surface area contributed by atoms with Crippen molar-refractivity contribution in [1.82, 2.24) is 0 Å². The van der Waals surface area contributed by atoms with Gasteiger partial charge in [0, 0.05) is 0 Å². The molecule has 4 aliphatic rings. The molecule has 0 aromatic carbocycles. The van der Waals surface area contributed by atoms with Gasteiger partial charge in [-0.1, -0.05) is 25.5 Å². The average molecular weight is 190 g/mol. The predicted molar refractivity (Wildman–Crippen MR) is 60.0 cm³/mol. The van der Waals surface area contributed by atoms with Gasteiger partial charge in [-0.25, -0.2) is 0 Å². The van der Waals surface area contributed by atoms with Gasteiger partial charge in [-0.15, -0.1) is 0 Å². The average Bonchev–Trinajstić information content (AvgIpc) is 2.17. The minimum absolute atomic E-state index is 0.644. The van der Waals surface area contributed by atoms with Crippen molar-refractivity contribution in [3.63, 3.8) is 0 Å². The van der Waals surface area contributed by atoms with Crippen molar-refractivity contribution < 1.29 is 0 Å². The van der Waals surface area contributed by atoms with E-state index in [-0.39, 0.29) is 0 Å². The van der Waals surface area contributed by atoms with Crippen molar-refractivity contribution in [3.8, 4) is 0 Å². The number of allylic oxidation sites excluding steroid dienone is 2. The Labute approximate surface area is 87.8 Å². The fourth-order valence-electron chi connectivity index (χ4n) is 4.89. The van der Waals surface area contributed by atoms with Gasteiger partial charge in [-0.2, -0.15) is 0 Å². The highest BCUT2D eigenvalue weighted by molar-refractivity contribution is 5.24. The SMILES string of the molecule is CC1=CCCC23CC(CCC12)C3(C)C. The summed E-state index contributed by atoms with van der Waals surface area (Å²) in [6.07, 6.45) is 9.83. The van der Waals surface area contributed by atoms with Crippen LogP contribution in [0, 0.1) is 22.7 Å². The molecule has 3 unspecified atom stereocenters. The monoisotopic (exact) mass is 190 g/mol. The largest absolute Gasteiger partial charge is 0.0853 e. The lowest BCUT2D eigenvalue weighted by atomic mass is 9.34. The first kappa shape index (κ1) is 9.00. The van der Waals surface area contributed by atoms with Gasteiger partial charge < -0.3 is 0 Å². The van der Waals surface area contributed by atoms with Gasteiger partial charge in [0.25, 0.3) is 0 Å². The molecule has 2 bridgehead atoms. The highest BCUT2D eigenvalue weighted by atomic mass is 14.7. The Kier molecular flexibility index (Phi) is 1.58. The van der Waals surface area contributed by atoms with E-state index >= 15 is 0 Å². The van der Waals surface area contributed by atoms with Crippen molar-refractivity contribution in [2.75, 3.05) is 0 Å². The van der Waals surface area contributed by atoms with E-state index in [9.17, 15) is 0 Å². The van der Waals surface area contributed by atoms with Crippen LogP contribution in [0.4, 0.5) is 0 Å². The van der Waals surface area contributed by atoms with Crippen LogP contribution in [0.15, 0.2) is 11.6 Å². The molecule has 0 radical (unpaired) electrons. The molecule has 78 valence electrons. The van der Waals surface area contributed by atoms with Crippen molar-refractivity contribution in [1.29, 1.82) is 0 Å².